The topological polar surface area (TPSA) is 77.1 Å². The highest BCUT2D eigenvalue weighted by Crippen LogP contribution is 2.17. The van der Waals surface area contributed by atoms with Crippen LogP contribution in [0.3, 0.4) is 0 Å². The van der Waals surface area contributed by atoms with E-state index < -0.39 is 5.41 Å². The van der Waals surface area contributed by atoms with Gasteiger partial charge in [-0.1, -0.05) is 0 Å². The summed E-state index contributed by atoms with van der Waals surface area (Å²) in [4.78, 5) is 22.3. The molecule has 0 saturated heterocycles. The molecule has 0 spiro atoms. The fourth-order valence-electron chi connectivity index (χ4n) is 1.27. The SMILES string of the molecule is CC(C)(Cn1ccc(=O)cc1)C(=O)NN. The zero-order valence-corrected chi connectivity index (χ0v) is 8.86. The molecule has 5 heteroatoms. The molecule has 0 aliphatic heterocycles. The Balaban J connectivity index is 2.81. The largest absolute Gasteiger partial charge is 0.353 e. The van der Waals surface area contributed by atoms with Crippen molar-refractivity contribution in [3.8, 4) is 0 Å². The minimum atomic E-state index is -0.607. The molecule has 1 rings (SSSR count). The Labute approximate surface area is 87.9 Å². The fourth-order valence-corrected chi connectivity index (χ4v) is 1.27. The van der Waals surface area contributed by atoms with E-state index in [0.717, 1.165) is 0 Å². The van der Waals surface area contributed by atoms with Crippen LogP contribution in [0.15, 0.2) is 29.3 Å². The number of carbonyl (C=O) groups excluding carboxylic acids is 1. The number of nitrogens with zero attached hydrogens (tertiary/aromatic N) is 1. The Morgan fingerprint density at radius 3 is 2.47 bits per heavy atom. The minimum absolute atomic E-state index is 0.0488. The summed E-state index contributed by atoms with van der Waals surface area (Å²) in [6.07, 6.45) is 3.29. The molecule has 3 N–H and O–H groups in total. The minimum Gasteiger partial charge on any atom is -0.353 e. The number of hydrogen-bond acceptors (Lipinski definition) is 3. The quantitative estimate of drug-likeness (QED) is 0.413. The Kier molecular flexibility index (Phi) is 3.26. The zero-order valence-electron chi connectivity index (χ0n) is 8.86. The molecule has 1 heterocycles. The van der Waals surface area contributed by atoms with Gasteiger partial charge in [-0.15, -0.1) is 0 Å². The van der Waals surface area contributed by atoms with Crippen molar-refractivity contribution in [2.45, 2.75) is 20.4 Å². The molecule has 0 aromatic carbocycles. The van der Waals surface area contributed by atoms with Crippen molar-refractivity contribution < 1.29 is 4.79 Å². The number of nitrogens with two attached hydrogens (primary N) is 1. The lowest BCUT2D eigenvalue weighted by atomic mass is 9.92. The summed E-state index contributed by atoms with van der Waals surface area (Å²) in [5.41, 5.74) is 1.47. The molecule has 0 aliphatic carbocycles. The van der Waals surface area contributed by atoms with E-state index in [1.165, 1.54) is 12.1 Å². The molecule has 0 unspecified atom stereocenters. The summed E-state index contributed by atoms with van der Waals surface area (Å²) >= 11 is 0. The van der Waals surface area contributed by atoms with Crippen LogP contribution in [-0.4, -0.2) is 10.5 Å². The maximum Gasteiger partial charge on any atom is 0.241 e. The van der Waals surface area contributed by atoms with Crippen LogP contribution < -0.4 is 16.7 Å². The van der Waals surface area contributed by atoms with Crippen LogP contribution in [-0.2, 0) is 11.3 Å². The van der Waals surface area contributed by atoms with Crippen molar-refractivity contribution in [1.82, 2.24) is 9.99 Å². The van der Waals surface area contributed by atoms with Crippen molar-refractivity contribution in [2.24, 2.45) is 11.3 Å². The van der Waals surface area contributed by atoms with E-state index in [4.69, 9.17) is 5.84 Å². The number of carbonyl (C=O) groups is 1. The zero-order chi connectivity index (χ0) is 11.5. The molecular weight excluding hydrogens is 194 g/mol. The predicted molar refractivity (Wildman–Crippen MR) is 56.8 cm³/mol. The lowest BCUT2D eigenvalue weighted by Gasteiger charge is -2.23. The molecule has 0 saturated carbocycles. The van der Waals surface area contributed by atoms with Crippen LogP contribution in [0, 0.1) is 5.41 Å². The van der Waals surface area contributed by atoms with Gasteiger partial charge in [0.05, 0.1) is 5.41 Å². The van der Waals surface area contributed by atoms with Crippen molar-refractivity contribution in [3.05, 3.63) is 34.7 Å². The average molecular weight is 209 g/mol. The third-order valence-corrected chi connectivity index (χ3v) is 2.18. The highest BCUT2D eigenvalue weighted by molar-refractivity contribution is 5.81. The van der Waals surface area contributed by atoms with Crippen LogP contribution in [0.5, 0.6) is 0 Å². The number of hydrazine groups is 1. The van der Waals surface area contributed by atoms with E-state index in [9.17, 15) is 9.59 Å². The Bertz CT molecular complexity index is 389. The summed E-state index contributed by atoms with van der Waals surface area (Å²) < 4.78 is 1.77. The molecule has 1 aromatic rings. The normalized spacial score (nSPS) is 11.1. The van der Waals surface area contributed by atoms with Crippen LogP contribution >= 0.6 is 0 Å². The molecule has 0 atom stereocenters. The van der Waals surface area contributed by atoms with Crippen molar-refractivity contribution in [2.75, 3.05) is 0 Å². The van der Waals surface area contributed by atoms with E-state index >= 15 is 0 Å². The van der Waals surface area contributed by atoms with Crippen LogP contribution in [0.25, 0.3) is 0 Å². The highest BCUT2D eigenvalue weighted by Gasteiger charge is 2.26. The summed E-state index contributed by atoms with van der Waals surface area (Å²) in [6.45, 7) is 4.04. The van der Waals surface area contributed by atoms with Crippen molar-refractivity contribution in [3.63, 3.8) is 0 Å². The number of hydrogen-bond donors (Lipinski definition) is 2. The lowest BCUT2D eigenvalue weighted by molar-refractivity contribution is -0.130. The van der Waals surface area contributed by atoms with E-state index in [1.807, 2.05) is 0 Å². The van der Waals surface area contributed by atoms with Crippen LogP contribution in [0.1, 0.15) is 13.8 Å². The Hall–Kier alpha value is -1.62. The van der Waals surface area contributed by atoms with Crippen molar-refractivity contribution >= 4 is 5.91 Å². The van der Waals surface area contributed by atoms with Gasteiger partial charge in [-0.3, -0.25) is 15.0 Å². The number of pyridine rings is 1. The van der Waals surface area contributed by atoms with Gasteiger partial charge in [0, 0.05) is 31.1 Å². The molecule has 1 amide bonds. The molecule has 5 nitrogen and oxygen atoms in total. The van der Waals surface area contributed by atoms with Crippen LogP contribution in [0.4, 0.5) is 0 Å². The predicted octanol–water partition coefficient (Wildman–Crippen LogP) is -0.136. The fraction of sp³-hybridized carbons (Fsp3) is 0.400. The lowest BCUT2D eigenvalue weighted by Crippen LogP contribution is -2.43. The van der Waals surface area contributed by atoms with Gasteiger partial charge in [-0.05, 0) is 13.8 Å². The summed E-state index contributed by atoms with van der Waals surface area (Å²) in [5.74, 6) is 4.84. The van der Waals surface area contributed by atoms with Gasteiger partial charge in [0.15, 0.2) is 5.43 Å². The number of nitrogens with one attached hydrogen (secondary N) is 1. The molecule has 0 aliphatic rings. The third kappa shape index (κ3) is 2.92. The van der Waals surface area contributed by atoms with Crippen LogP contribution in [0.2, 0.25) is 0 Å². The molecule has 15 heavy (non-hydrogen) atoms. The van der Waals surface area contributed by atoms with E-state index in [0.29, 0.717) is 6.54 Å². The Morgan fingerprint density at radius 1 is 1.47 bits per heavy atom. The first-order valence-electron chi connectivity index (χ1n) is 4.63. The van der Waals surface area contributed by atoms with E-state index in [1.54, 1.807) is 30.8 Å². The average Bonchev–Trinajstić information content (AvgIpc) is 2.20. The van der Waals surface area contributed by atoms with E-state index in [2.05, 4.69) is 5.43 Å². The van der Waals surface area contributed by atoms with Gasteiger partial charge in [0.2, 0.25) is 5.91 Å². The first-order chi connectivity index (χ1) is 6.95. The first-order valence-corrected chi connectivity index (χ1v) is 4.63. The second-order valence-electron chi connectivity index (χ2n) is 4.06. The van der Waals surface area contributed by atoms with Crippen molar-refractivity contribution in [1.29, 1.82) is 0 Å². The third-order valence-electron chi connectivity index (χ3n) is 2.18. The Morgan fingerprint density at radius 2 is 2.00 bits per heavy atom. The van der Waals surface area contributed by atoms with Gasteiger partial charge >= 0.3 is 0 Å². The smallest absolute Gasteiger partial charge is 0.241 e. The van der Waals surface area contributed by atoms with Gasteiger partial charge < -0.3 is 4.57 Å². The first kappa shape index (κ1) is 11.5. The molecular formula is C10H15N3O2. The number of rotatable bonds is 3. The maximum absolute atomic E-state index is 11.4. The summed E-state index contributed by atoms with van der Waals surface area (Å²) in [5, 5.41) is 0. The maximum atomic E-state index is 11.4. The molecule has 82 valence electrons. The van der Waals surface area contributed by atoms with Gasteiger partial charge in [-0.2, -0.15) is 0 Å². The summed E-state index contributed by atoms with van der Waals surface area (Å²) in [6, 6.07) is 2.91. The molecule has 1 aromatic heterocycles. The standard InChI is InChI=1S/C10H15N3O2/c1-10(2,9(15)12-11)7-13-5-3-8(14)4-6-13/h3-6H,7,11H2,1-2H3,(H,12,15). The van der Waals surface area contributed by atoms with Gasteiger partial charge in [0.1, 0.15) is 0 Å². The number of aromatic nitrogens is 1. The summed E-state index contributed by atoms with van der Waals surface area (Å²) in [7, 11) is 0. The highest BCUT2D eigenvalue weighted by atomic mass is 16.2. The van der Waals surface area contributed by atoms with Gasteiger partial charge in [-0.25, -0.2) is 5.84 Å². The molecule has 0 radical (unpaired) electrons. The monoisotopic (exact) mass is 209 g/mol. The van der Waals surface area contributed by atoms with Gasteiger partial charge in [0.25, 0.3) is 0 Å². The number of amides is 1. The molecule has 0 bridgehead atoms. The second-order valence-corrected chi connectivity index (χ2v) is 4.06. The van der Waals surface area contributed by atoms with E-state index in [-0.39, 0.29) is 11.3 Å². The second kappa shape index (κ2) is 4.27. The molecule has 0 fully saturated rings.